The second-order valence-electron chi connectivity index (χ2n) is 19.8. The molecule has 1 nitrogen and oxygen atoms in total. The average Bonchev–Trinajstić information content (AvgIpc) is 3.48. The van der Waals surface area contributed by atoms with Crippen molar-refractivity contribution < 1.29 is 0 Å². The first-order valence-corrected chi connectivity index (χ1v) is 22.9. The normalized spacial score (nSPS) is 26.6. The number of fused-ring (bicyclic) bond motifs is 3. The largest absolute Gasteiger partial charge is 0.310 e. The van der Waals surface area contributed by atoms with Crippen molar-refractivity contribution in [2.24, 2.45) is 23.7 Å². The van der Waals surface area contributed by atoms with Gasteiger partial charge in [0.2, 0.25) is 0 Å². The molecular formula is C55H61N. The first-order chi connectivity index (χ1) is 27.5. The van der Waals surface area contributed by atoms with Gasteiger partial charge in [-0.1, -0.05) is 131 Å². The zero-order chi connectivity index (χ0) is 37.4. The van der Waals surface area contributed by atoms with E-state index in [9.17, 15) is 0 Å². The molecular weight excluding hydrogens is 675 g/mol. The molecule has 5 aromatic rings. The summed E-state index contributed by atoms with van der Waals surface area (Å²) >= 11 is 0. The molecule has 1 heteroatoms. The van der Waals surface area contributed by atoms with Gasteiger partial charge in [-0.05, 0) is 174 Å². The van der Waals surface area contributed by atoms with Gasteiger partial charge in [-0.15, -0.1) is 0 Å². The summed E-state index contributed by atoms with van der Waals surface area (Å²) in [5.74, 6) is 5.94. The van der Waals surface area contributed by atoms with E-state index in [-0.39, 0.29) is 5.41 Å². The number of rotatable bonds is 7. The second-order valence-corrected chi connectivity index (χ2v) is 19.8. The van der Waals surface area contributed by atoms with Crippen LogP contribution < -0.4 is 4.90 Å². The first-order valence-electron chi connectivity index (χ1n) is 22.9. The van der Waals surface area contributed by atoms with E-state index < -0.39 is 0 Å². The summed E-state index contributed by atoms with van der Waals surface area (Å²) < 4.78 is 0. The predicted octanol–water partition coefficient (Wildman–Crippen LogP) is 15.8. The molecule has 6 saturated carbocycles. The van der Waals surface area contributed by atoms with Crippen molar-refractivity contribution in [2.45, 2.75) is 133 Å². The summed E-state index contributed by atoms with van der Waals surface area (Å²) in [4.78, 5) is 2.62. The molecule has 0 heterocycles. The van der Waals surface area contributed by atoms with Crippen LogP contribution in [0.25, 0.3) is 22.3 Å². The maximum absolute atomic E-state index is 2.62. The van der Waals surface area contributed by atoms with Crippen LogP contribution in [0, 0.1) is 23.7 Å². The van der Waals surface area contributed by atoms with Gasteiger partial charge in [0.25, 0.3) is 0 Å². The van der Waals surface area contributed by atoms with Crippen molar-refractivity contribution in [1.82, 2.24) is 0 Å². The number of nitrogens with zero attached hydrogens (tertiary/aromatic N) is 1. The van der Waals surface area contributed by atoms with Crippen molar-refractivity contribution in [3.63, 3.8) is 0 Å². The van der Waals surface area contributed by atoms with E-state index in [4.69, 9.17) is 0 Å². The zero-order valence-electron chi connectivity index (χ0n) is 34.0. The van der Waals surface area contributed by atoms with Gasteiger partial charge in [0.05, 0.1) is 5.69 Å². The van der Waals surface area contributed by atoms with Crippen LogP contribution in [0.1, 0.15) is 156 Å². The highest BCUT2D eigenvalue weighted by Crippen LogP contribution is 2.60. The topological polar surface area (TPSA) is 3.24 Å². The molecule has 0 radical (unpaired) electrons. The lowest BCUT2D eigenvalue weighted by Gasteiger charge is -2.54. The molecule has 0 aliphatic heterocycles. The summed E-state index contributed by atoms with van der Waals surface area (Å²) in [5, 5.41) is 0. The number of hydrogen-bond donors (Lipinski definition) is 0. The zero-order valence-corrected chi connectivity index (χ0v) is 34.0. The SMILES string of the molecule is CC1(C)c2ccccc2-c2ccc(N(c3ccc(C4CCCCC4)cc3)c3ccc(C4C5CC6CC(C5)CC4C6)cc3)c(-c3ccc(C4CCCCC4)cc3)c21. The molecule has 0 atom stereocenters. The maximum Gasteiger partial charge on any atom is 0.0543 e. The molecule has 7 aliphatic rings. The molecule has 6 fully saturated rings. The lowest BCUT2D eigenvalue weighted by atomic mass is 9.51. The Hall–Kier alpha value is -4.10. The van der Waals surface area contributed by atoms with Gasteiger partial charge in [-0.2, -0.15) is 0 Å². The highest BCUT2D eigenvalue weighted by Gasteiger charge is 2.48. The van der Waals surface area contributed by atoms with Gasteiger partial charge < -0.3 is 4.90 Å². The Balaban J connectivity index is 1.06. The highest BCUT2D eigenvalue weighted by atomic mass is 15.1. The molecule has 4 bridgehead atoms. The summed E-state index contributed by atoms with van der Waals surface area (Å²) in [7, 11) is 0. The smallest absolute Gasteiger partial charge is 0.0543 e. The predicted molar refractivity (Wildman–Crippen MR) is 236 cm³/mol. The molecule has 0 amide bonds. The Morgan fingerprint density at radius 2 is 1.00 bits per heavy atom. The minimum atomic E-state index is -0.126. The van der Waals surface area contributed by atoms with E-state index in [0.717, 1.165) is 29.6 Å². The van der Waals surface area contributed by atoms with Crippen molar-refractivity contribution in [3.8, 4) is 22.3 Å². The van der Waals surface area contributed by atoms with E-state index in [1.165, 1.54) is 158 Å². The molecule has 5 aromatic carbocycles. The van der Waals surface area contributed by atoms with Crippen LogP contribution in [0.3, 0.4) is 0 Å². The van der Waals surface area contributed by atoms with Gasteiger partial charge >= 0.3 is 0 Å². The average molecular weight is 736 g/mol. The lowest BCUT2D eigenvalue weighted by Crippen LogP contribution is -2.43. The van der Waals surface area contributed by atoms with Crippen LogP contribution >= 0.6 is 0 Å². The standard InChI is InChI=1S/C55H61N/c1-55(2)50-16-10-9-15-48(50)49-29-30-51(53(54(49)55)43-19-17-40(18-20-43)38-11-5-3-6-12-38)56(46-25-21-41(22-26-46)39-13-7-4-8-14-39)47-27-23-42(24-28-47)52-44-32-36-31-37(34-44)35-45(52)33-36/h9-10,15-30,36-39,44-45,52H,3-8,11-14,31-35H2,1-2H3. The fraction of sp³-hybridized carbons (Fsp3) is 0.455. The van der Waals surface area contributed by atoms with Crippen LogP contribution in [-0.4, -0.2) is 0 Å². The van der Waals surface area contributed by atoms with Crippen LogP contribution in [-0.2, 0) is 5.41 Å². The molecule has 0 N–H and O–H groups in total. The second kappa shape index (κ2) is 14.1. The maximum atomic E-state index is 2.62. The number of anilines is 3. The van der Waals surface area contributed by atoms with Crippen LogP contribution in [0.2, 0.25) is 0 Å². The van der Waals surface area contributed by atoms with Crippen molar-refractivity contribution in [3.05, 3.63) is 137 Å². The Morgan fingerprint density at radius 1 is 0.482 bits per heavy atom. The fourth-order valence-electron chi connectivity index (χ4n) is 13.8. The molecule has 0 saturated heterocycles. The fourth-order valence-corrected chi connectivity index (χ4v) is 13.8. The van der Waals surface area contributed by atoms with E-state index in [0.29, 0.717) is 11.8 Å². The minimum Gasteiger partial charge on any atom is -0.310 e. The molecule has 286 valence electrons. The molecule has 56 heavy (non-hydrogen) atoms. The van der Waals surface area contributed by atoms with Crippen LogP contribution in [0.15, 0.2) is 109 Å². The third kappa shape index (κ3) is 5.93. The summed E-state index contributed by atoms with van der Waals surface area (Å²) in [6.07, 6.45) is 21.0. The van der Waals surface area contributed by atoms with Crippen molar-refractivity contribution in [1.29, 1.82) is 0 Å². The van der Waals surface area contributed by atoms with Crippen LogP contribution in [0.5, 0.6) is 0 Å². The van der Waals surface area contributed by atoms with Crippen LogP contribution in [0.4, 0.5) is 17.1 Å². The van der Waals surface area contributed by atoms with Gasteiger partial charge in [-0.25, -0.2) is 0 Å². The Bertz CT molecular complexity index is 2160. The third-order valence-electron chi connectivity index (χ3n) is 16.2. The number of hydrogen-bond acceptors (Lipinski definition) is 1. The monoisotopic (exact) mass is 735 g/mol. The number of benzene rings is 5. The third-order valence-corrected chi connectivity index (χ3v) is 16.2. The Morgan fingerprint density at radius 3 is 1.57 bits per heavy atom. The Labute approximate surface area is 337 Å². The van der Waals surface area contributed by atoms with Gasteiger partial charge in [0, 0.05) is 22.4 Å². The minimum absolute atomic E-state index is 0.126. The van der Waals surface area contributed by atoms with E-state index in [2.05, 4.69) is 128 Å². The van der Waals surface area contributed by atoms with E-state index >= 15 is 0 Å². The van der Waals surface area contributed by atoms with E-state index in [1.54, 1.807) is 5.56 Å². The quantitative estimate of drug-likeness (QED) is 0.161. The molecule has 0 aromatic heterocycles. The molecule has 0 spiro atoms. The van der Waals surface area contributed by atoms with Gasteiger partial charge in [-0.3, -0.25) is 0 Å². The van der Waals surface area contributed by atoms with Crippen molar-refractivity contribution in [2.75, 3.05) is 4.90 Å². The summed E-state index contributed by atoms with van der Waals surface area (Å²) in [5.41, 5.74) is 16.8. The van der Waals surface area contributed by atoms with Gasteiger partial charge in [0.15, 0.2) is 0 Å². The lowest BCUT2D eigenvalue weighted by molar-refractivity contribution is -0.00277. The first kappa shape index (κ1) is 35.1. The molecule has 0 unspecified atom stereocenters. The molecule has 12 rings (SSSR count). The van der Waals surface area contributed by atoms with Crippen molar-refractivity contribution >= 4 is 17.1 Å². The highest BCUT2D eigenvalue weighted by molar-refractivity contribution is 5.97. The summed E-state index contributed by atoms with van der Waals surface area (Å²) in [6, 6.07) is 43.9. The van der Waals surface area contributed by atoms with Gasteiger partial charge in [0.1, 0.15) is 0 Å². The molecule has 7 aliphatic carbocycles. The Kier molecular flexibility index (Phi) is 8.82. The van der Waals surface area contributed by atoms with E-state index in [1.807, 2.05) is 0 Å². The summed E-state index contributed by atoms with van der Waals surface area (Å²) in [6.45, 7) is 4.93.